The summed E-state index contributed by atoms with van der Waals surface area (Å²) in [6.07, 6.45) is 0.775. The number of amides is 3. The molecule has 0 atom stereocenters. The zero-order valence-electron chi connectivity index (χ0n) is 19.7. The monoisotopic (exact) mass is 488 g/mol. The van der Waals surface area contributed by atoms with E-state index in [0.717, 1.165) is 11.1 Å². The van der Waals surface area contributed by atoms with E-state index in [0.29, 0.717) is 50.3 Å². The summed E-state index contributed by atoms with van der Waals surface area (Å²) in [7, 11) is 0. The fraction of sp³-hybridized carbons (Fsp3) is 0.360. The van der Waals surface area contributed by atoms with Crippen molar-refractivity contribution in [3.8, 4) is 0 Å². The average molecular weight is 489 g/mol. The van der Waals surface area contributed by atoms with Crippen LogP contribution in [0.2, 0.25) is 0 Å². The first-order chi connectivity index (χ1) is 16.4. The van der Waals surface area contributed by atoms with Crippen molar-refractivity contribution in [1.82, 2.24) is 15.2 Å². The Hall–Kier alpha value is -3.26. The van der Waals surface area contributed by atoms with Gasteiger partial charge in [-0.1, -0.05) is 44.2 Å². The number of alkyl halides is 1. The number of rotatable bonds is 7. The lowest BCUT2D eigenvalue weighted by molar-refractivity contribution is -0.129. The molecule has 0 radical (unpaired) electrons. The number of halogens is 2. The first-order valence-electron chi connectivity index (χ1n) is 11.2. The lowest BCUT2D eigenvalue weighted by Crippen LogP contribution is -2.51. The van der Waals surface area contributed by atoms with Gasteiger partial charge in [0.05, 0.1) is 11.3 Å². The summed E-state index contributed by atoms with van der Waals surface area (Å²) < 4.78 is 14.5. The van der Waals surface area contributed by atoms with Crippen molar-refractivity contribution < 1.29 is 18.8 Å². The zero-order valence-corrected chi connectivity index (χ0v) is 20.4. The van der Waals surface area contributed by atoms with Crippen molar-refractivity contribution >= 4 is 35.5 Å². The molecular formula is C25H30ClFN4O3. The van der Waals surface area contributed by atoms with Crippen LogP contribution < -0.4 is 5.43 Å². The Morgan fingerprint density at radius 2 is 1.71 bits per heavy atom. The van der Waals surface area contributed by atoms with Crippen LogP contribution in [-0.2, 0) is 16.0 Å². The third-order valence-corrected chi connectivity index (χ3v) is 5.60. The van der Waals surface area contributed by atoms with E-state index in [2.05, 4.69) is 10.5 Å². The Morgan fingerprint density at radius 1 is 1.06 bits per heavy atom. The van der Waals surface area contributed by atoms with Crippen LogP contribution >= 0.6 is 11.6 Å². The third-order valence-electron chi connectivity index (χ3n) is 5.37. The van der Waals surface area contributed by atoms with E-state index in [4.69, 9.17) is 11.6 Å². The lowest BCUT2D eigenvalue weighted by atomic mass is 9.97. The largest absolute Gasteiger partial charge is 0.338 e. The summed E-state index contributed by atoms with van der Waals surface area (Å²) in [6.45, 7) is 7.27. The first kappa shape index (κ1) is 27.0. The van der Waals surface area contributed by atoms with Gasteiger partial charge in [0.15, 0.2) is 0 Å². The zero-order chi connectivity index (χ0) is 25.1. The molecule has 1 N–H and O–H groups in total. The predicted molar refractivity (Wildman–Crippen MR) is 132 cm³/mol. The highest BCUT2D eigenvalue weighted by atomic mass is 35.5. The maximum Gasteiger partial charge on any atom is 0.256 e. The molecule has 1 aliphatic heterocycles. The van der Waals surface area contributed by atoms with Gasteiger partial charge in [0.25, 0.3) is 5.91 Å². The number of hydrogen-bond acceptors (Lipinski definition) is 4. The molecule has 0 saturated carbocycles. The number of carbonyl (C=O) groups is 3. The van der Waals surface area contributed by atoms with E-state index < -0.39 is 11.7 Å². The molecule has 9 heteroatoms. The fourth-order valence-corrected chi connectivity index (χ4v) is 3.82. The van der Waals surface area contributed by atoms with Gasteiger partial charge in [-0.25, -0.2) is 9.82 Å². The number of nitrogens with one attached hydrogen (secondary N) is 1. The van der Waals surface area contributed by atoms with Gasteiger partial charge in [0.2, 0.25) is 12.3 Å². The van der Waals surface area contributed by atoms with Crippen LogP contribution in [-0.4, -0.2) is 65.8 Å². The summed E-state index contributed by atoms with van der Waals surface area (Å²) in [4.78, 5) is 38.6. The minimum absolute atomic E-state index is 0.0351. The van der Waals surface area contributed by atoms with Crippen molar-refractivity contribution in [2.45, 2.75) is 27.2 Å². The molecule has 3 rings (SSSR count). The maximum absolute atomic E-state index is 14.5. The van der Waals surface area contributed by atoms with Gasteiger partial charge < -0.3 is 9.80 Å². The van der Waals surface area contributed by atoms with Crippen LogP contribution in [0.4, 0.5) is 4.39 Å². The molecule has 0 unspecified atom stereocenters. The molecule has 1 fully saturated rings. The molecule has 0 bridgehead atoms. The molecule has 1 aliphatic rings. The van der Waals surface area contributed by atoms with E-state index >= 15 is 0 Å². The van der Waals surface area contributed by atoms with Crippen LogP contribution in [0.1, 0.15) is 40.9 Å². The Morgan fingerprint density at radius 3 is 2.32 bits per heavy atom. The Labute approximate surface area is 204 Å². The van der Waals surface area contributed by atoms with Gasteiger partial charge in [-0.2, -0.15) is 5.10 Å². The summed E-state index contributed by atoms with van der Waals surface area (Å²) in [5.41, 5.74) is 5.39. The molecule has 7 nitrogen and oxygen atoms in total. The standard InChI is InChI=1S/C23H24ClFN4O3.C2H6/c1-16-4-2-3-5-18(16)21(27-26-15-30)13-17-6-7-20(25)19(12-17)23(32)29-10-8-28(9-11-29)22(31)14-24;1-2/h2-7,12,15H,8-11,13-14H2,1H3,(H,26,30);1-2H3/b27-21-;. The van der Waals surface area contributed by atoms with Gasteiger partial charge in [0, 0.05) is 38.2 Å². The van der Waals surface area contributed by atoms with Crippen LogP contribution in [0.5, 0.6) is 0 Å². The number of benzene rings is 2. The Bertz CT molecular complexity index is 1040. The minimum atomic E-state index is -0.613. The summed E-state index contributed by atoms with van der Waals surface area (Å²) in [5, 5.41) is 4.15. The highest BCUT2D eigenvalue weighted by molar-refractivity contribution is 6.27. The van der Waals surface area contributed by atoms with Crippen LogP contribution in [0.25, 0.3) is 0 Å². The van der Waals surface area contributed by atoms with E-state index in [-0.39, 0.29) is 17.4 Å². The van der Waals surface area contributed by atoms with Crippen LogP contribution in [0.3, 0.4) is 0 Å². The first-order valence-corrected chi connectivity index (χ1v) is 11.7. The molecule has 34 heavy (non-hydrogen) atoms. The maximum atomic E-state index is 14.5. The molecule has 3 amide bonds. The van der Waals surface area contributed by atoms with Gasteiger partial charge in [-0.3, -0.25) is 14.4 Å². The summed E-state index contributed by atoms with van der Waals surface area (Å²) in [5.74, 6) is -1.33. The van der Waals surface area contributed by atoms with Crippen molar-refractivity contribution in [1.29, 1.82) is 0 Å². The molecule has 0 spiro atoms. The molecular weight excluding hydrogens is 459 g/mol. The summed E-state index contributed by atoms with van der Waals surface area (Å²) in [6, 6.07) is 12.0. The lowest BCUT2D eigenvalue weighted by Gasteiger charge is -2.34. The van der Waals surface area contributed by atoms with Gasteiger partial charge in [-0.15, -0.1) is 11.6 Å². The van der Waals surface area contributed by atoms with Crippen LogP contribution in [0.15, 0.2) is 47.6 Å². The van der Waals surface area contributed by atoms with Gasteiger partial charge in [-0.05, 0) is 30.2 Å². The van der Waals surface area contributed by atoms with Crippen molar-refractivity contribution in [3.05, 3.63) is 70.5 Å². The van der Waals surface area contributed by atoms with Crippen LogP contribution in [0, 0.1) is 12.7 Å². The van der Waals surface area contributed by atoms with E-state index in [9.17, 15) is 18.8 Å². The van der Waals surface area contributed by atoms with E-state index in [1.54, 1.807) is 11.0 Å². The second kappa shape index (κ2) is 13.4. The topological polar surface area (TPSA) is 82.1 Å². The van der Waals surface area contributed by atoms with E-state index in [1.807, 2.05) is 45.0 Å². The number of aryl methyl sites for hydroxylation is 1. The number of hydrogen-bond donors (Lipinski definition) is 1. The Balaban J connectivity index is 0.00000199. The number of hydrazone groups is 1. The van der Waals surface area contributed by atoms with E-state index in [1.165, 1.54) is 17.0 Å². The minimum Gasteiger partial charge on any atom is -0.338 e. The van der Waals surface area contributed by atoms with Gasteiger partial charge >= 0.3 is 0 Å². The normalized spacial score (nSPS) is 13.6. The molecule has 0 aromatic heterocycles. The number of piperazine rings is 1. The summed E-state index contributed by atoms with van der Waals surface area (Å²) >= 11 is 5.59. The molecule has 1 heterocycles. The second-order valence-corrected chi connectivity index (χ2v) is 7.69. The highest BCUT2D eigenvalue weighted by Gasteiger charge is 2.26. The highest BCUT2D eigenvalue weighted by Crippen LogP contribution is 2.18. The quantitative estimate of drug-likeness (QED) is 0.281. The molecule has 2 aromatic carbocycles. The molecule has 182 valence electrons. The van der Waals surface area contributed by atoms with Crippen molar-refractivity contribution in [2.75, 3.05) is 32.1 Å². The SMILES string of the molecule is CC.Cc1ccccc1/C(Cc1ccc(F)c(C(=O)N2CCN(C(=O)CCl)CC2)c1)=N\NC=O. The predicted octanol–water partition coefficient (Wildman–Crippen LogP) is 3.38. The van der Waals surface area contributed by atoms with Crippen molar-refractivity contribution in [2.24, 2.45) is 5.10 Å². The molecule has 1 saturated heterocycles. The Kier molecular flexibility index (Phi) is 10.7. The molecule has 2 aromatic rings. The third kappa shape index (κ3) is 6.87. The number of carbonyl (C=O) groups excluding carboxylic acids is 3. The van der Waals surface area contributed by atoms with Gasteiger partial charge in [0.1, 0.15) is 11.7 Å². The molecule has 0 aliphatic carbocycles. The smallest absolute Gasteiger partial charge is 0.256 e. The fourth-order valence-electron chi connectivity index (χ4n) is 3.65. The second-order valence-electron chi connectivity index (χ2n) is 7.42. The average Bonchev–Trinajstić information content (AvgIpc) is 2.88. The van der Waals surface area contributed by atoms with Crippen molar-refractivity contribution in [3.63, 3.8) is 0 Å². The number of nitrogens with zero attached hydrogens (tertiary/aromatic N) is 3.